The molecule has 0 unspecified atom stereocenters. The van der Waals surface area contributed by atoms with Gasteiger partial charge in [0.25, 0.3) is 0 Å². The molecule has 4 rings (SSSR count). The van der Waals surface area contributed by atoms with E-state index in [1.807, 2.05) is 24.3 Å². The fourth-order valence-corrected chi connectivity index (χ4v) is 8.04. The third-order valence-corrected chi connectivity index (χ3v) is 11.7. The largest absolute Gasteiger partial charge is 0.370 e. The second-order valence-electron chi connectivity index (χ2n) is 17.6. The van der Waals surface area contributed by atoms with Crippen molar-refractivity contribution in [3.05, 3.63) is 71.9 Å². The summed E-state index contributed by atoms with van der Waals surface area (Å²) in [6.07, 6.45) is 2.60. The van der Waals surface area contributed by atoms with E-state index in [-0.39, 0.29) is 95.1 Å². The maximum Gasteiger partial charge on any atom is 0.243 e. The Kier molecular flexibility index (Phi) is 22.9. The Morgan fingerprint density at radius 1 is 0.681 bits per heavy atom. The smallest absolute Gasteiger partial charge is 0.243 e. The minimum absolute atomic E-state index is 0.00399. The average molecular weight is 1000 g/mol. The normalized spacial score (nSPS) is 20.5. The zero-order valence-electron chi connectivity index (χ0n) is 40.5. The molecular formula is C48H69N15O9. The van der Waals surface area contributed by atoms with Gasteiger partial charge in [-0.05, 0) is 55.7 Å². The molecule has 8 amide bonds. The quantitative estimate of drug-likeness (QED) is 0.0392. The predicted molar refractivity (Wildman–Crippen MR) is 269 cm³/mol. The molecule has 0 bridgehead atoms. The highest BCUT2D eigenvalue weighted by molar-refractivity contribution is 5.98. The van der Waals surface area contributed by atoms with Crippen LogP contribution in [0.5, 0.6) is 0 Å². The number of nitrogens with one attached hydrogen (secondary N) is 8. The molecule has 2 aromatic carbocycles. The predicted octanol–water partition coefficient (Wildman–Crippen LogP) is -2.10. The monoisotopic (exact) mass is 1000 g/mol. The molecule has 390 valence electrons. The van der Waals surface area contributed by atoms with Crippen LogP contribution in [0.1, 0.15) is 88.7 Å². The number of carbonyl (C=O) groups is 9. The van der Waals surface area contributed by atoms with Crippen molar-refractivity contribution in [2.45, 2.75) is 127 Å². The lowest BCUT2D eigenvalue weighted by Crippen LogP contribution is -2.60. The second-order valence-corrected chi connectivity index (χ2v) is 17.6. The van der Waals surface area contributed by atoms with Crippen LogP contribution in [0, 0.1) is 0 Å². The van der Waals surface area contributed by atoms with Gasteiger partial charge in [-0.3, -0.25) is 53.1 Å². The van der Waals surface area contributed by atoms with Crippen LogP contribution in [0.3, 0.4) is 0 Å². The number of Topliss-reactive ketones (excluding diaryl/α,β-unsaturated/α-hetero) is 1. The minimum atomic E-state index is -1.67. The average Bonchev–Trinajstić information content (AvgIpc) is 3.74. The lowest BCUT2D eigenvalue weighted by Gasteiger charge is -2.27. The van der Waals surface area contributed by atoms with Crippen LogP contribution in [-0.4, -0.2) is 126 Å². The summed E-state index contributed by atoms with van der Waals surface area (Å²) in [5.41, 5.74) is 29.6. The minimum Gasteiger partial charge on any atom is -0.370 e. The van der Waals surface area contributed by atoms with E-state index in [1.165, 1.54) is 6.92 Å². The summed E-state index contributed by atoms with van der Waals surface area (Å²) in [5.74, 6) is -6.85. The summed E-state index contributed by atoms with van der Waals surface area (Å²) in [5, 5.41) is 19.5. The van der Waals surface area contributed by atoms with Gasteiger partial charge in [-0.1, -0.05) is 61.4 Å². The van der Waals surface area contributed by atoms with E-state index in [0.717, 1.165) is 10.9 Å². The van der Waals surface area contributed by atoms with Gasteiger partial charge >= 0.3 is 0 Å². The lowest BCUT2D eigenvalue weighted by molar-refractivity contribution is -0.136. The van der Waals surface area contributed by atoms with E-state index in [0.29, 0.717) is 30.4 Å². The number of para-hydroxylation sites is 1. The fraction of sp³-hybridized carbons (Fsp3) is 0.479. The number of rotatable bonds is 17. The van der Waals surface area contributed by atoms with E-state index in [2.05, 4.69) is 52.2 Å². The van der Waals surface area contributed by atoms with Gasteiger partial charge in [-0.25, -0.2) is 0 Å². The van der Waals surface area contributed by atoms with E-state index in [1.54, 1.807) is 36.5 Å². The molecule has 1 saturated heterocycles. The Balaban J connectivity index is 1.72. The molecule has 3 aromatic rings. The van der Waals surface area contributed by atoms with Crippen molar-refractivity contribution in [3.8, 4) is 0 Å². The lowest BCUT2D eigenvalue weighted by atomic mass is 10.0. The SMILES string of the molecule is CC(=O)N[C@@H](CCCN=C(N)N)C(=O)N[C@H]1CCCCCC(=O)CCNC(=O)[C@H](Cc2c[nH]c3ccccc23)NC(=O)[C@H](CCCN=C(N)N)NC(=O)[C@@H](Cc2ccccc2)NC(=O)[C@H](CC(N)=O)NC1=O. The molecule has 1 fully saturated rings. The first-order valence-corrected chi connectivity index (χ1v) is 24.0. The number of hydrogen-bond donors (Lipinski definition) is 13. The molecule has 6 atom stereocenters. The molecule has 18 N–H and O–H groups in total. The van der Waals surface area contributed by atoms with Crippen molar-refractivity contribution in [3.63, 3.8) is 0 Å². The number of aromatic amines is 1. The zero-order chi connectivity index (χ0) is 52.6. The third-order valence-electron chi connectivity index (χ3n) is 11.7. The summed E-state index contributed by atoms with van der Waals surface area (Å²) in [7, 11) is 0. The van der Waals surface area contributed by atoms with Crippen molar-refractivity contribution in [2.75, 3.05) is 19.6 Å². The number of aromatic nitrogens is 1. The standard InChI is InChI=1S/C48H69N15O9/c1-28(64)58-34(18-10-21-55-47(50)51)42(68)59-35-17-7-3-6-14-31(65)20-23-54-41(67)38(25-30-27-57-33-16-9-8-15-32(30)33)62-44(70)36(19-11-22-56-48(52)53)60-45(71)37(24-29-12-4-2-5-13-29)61-46(72)39(26-40(49)66)63-43(35)69/h2,4-5,8-9,12-13,15-16,27,34-39,57H,3,6-7,10-11,14,17-26H2,1H3,(H2,49,66)(H,54,67)(H,58,64)(H,59,68)(H,60,71)(H,61,72)(H,62,70)(H,63,69)(H4,50,51,55)(H4,52,53,56)/t34-,35-,36-,37+,38-,39-/m0/s1. The van der Waals surface area contributed by atoms with Crippen LogP contribution in [-0.2, 0) is 56.0 Å². The maximum absolute atomic E-state index is 14.5. The Labute approximate surface area is 417 Å². The fourth-order valence-electron chi connectivity index (χ4n) is 8.04. The van der Waals surface area contributed by atoms with E-state index in [4.69, 9.17) is 28.7 Å². The van der Waals surface area contributed by atoms with Crippen LogP contribution in [0.4, 0.5) is 0 Å². The van der Waals surface area contributed by atoms with E-state index in [9.17, 15) is 43.2 Å². The molecule has 0 spiro atoms. The van der Waals surface area contributed by atoms with Crippen LogP contribution >= 0.6 is 0 Å². The Hall–Kier alpha value is -8.05. The Morgan fingerprint density at radius 2 is 1.29 bits per heavy atom. The van der Waals surface area contributed by atoms with E-state index < -0.39 is 89.9 Å². The molecular weight excluding hydrogens is 931 g/mol. The van der Waals surface area contributed by atoms with Crippen molar-refractivity contribution >= 4 is 75.9 Å². The molecule has 24 heteroatoms. The number of amides is 8. The van der Waals surface area contributed by atoms with Gasteiger partial charge in [-0.2, -0.15) is 0 Å². The summed E-state index contributed by atoms with van der Waals surface area (Å²) in [4.78, 5) is 134. The number of H-pyrrole nitrogens is 1. The summed E-state index contributed by atoms with van der Waals surface area (Å²) in [6, 6.07) is 7.93. The number of hydrogen-bond acceptors (Lipinski definition) is 11. The number of nitrogens with zero attached hydrogens (tertiary/aromatic N) is 2. The van der Waals surface area contributed by atoms with Crippen LogP contribution in [0.25, 0.3) is 10.9 Å². The highest BCUT2D eigenvalue weighted by Crippen LogP contribution is 2.20. The van der Waals surface area contributed by atoms with Gasteiger partial charge in [0.1, 0.15) is 42.0 Å². The first kappa shape index (κ1) is 56.5. The van der Waals surface area contributed by atoms with Crippen LogP contribution in [0.15, 0.2) is 70.8 Å². The third kappa shape index (κ3) is 19.7. The van der Waals surface area contributed by atoms with Crippen molar-refractivity contribution in [2.24, 2.45) is 38.7 Å². The van der Waals surface area contributed by atoms with Crippen LogP contribution in [0.2, 0.25) is 0 Å². The molecule has 2 heterocycles. The Bertz CT molecular complexity index is 2420. The van der Waals surface area contributed by atoms with Crippen molar-refractivity contribution in [1.82, 2.24) is 42.2 Å². The highest BCUT2D eigenvalue weighted by Gasteiger charge is 2.34. The highest BCUT2D eigenvalue weighted by atomic mass is 16.2. The first-order valence-electron chi connectivity index (χ1n) is 24.0. The van der Waals surface area contributed by atoms with E-state index >= 15 is 0 Å². The number of benzene rings is 2. The number of fused-ring (bicyclic) bond motifs is 1. The number of ketones is 1. The number of primary amides is 1. The zero-order valence-corrected chi connectivity index (χ0v) is 40.5. The molecule has 0 saturated carbocycles. The van der Waals surface area contributed by atoms with Crippen molar-refractivity contribution < 1.29 is 43.2 Å². The van der Waals surface area contributed by atoms with Crippen LogP contribution < -0.4 is 65.9 Å². The van der Waals surface area contributed by atoms with Crippen molar-refractivity contribution in [1.29, 1.82) is 0 Å². The number of guanidine groups is 2. The summed E-state index contributed by atoms with van der Waals surface area (Å²) < 4.78 is 0. The molecule has 0 aliphatic carbocycles. The van der Waals surface area contributed by atoms with Gasteiger partial charge in [0.2, 0.25) is 47.3 Å². The molecule has 1 aliphatic rings. The van der Waals surface area contributed by atoms with Gasteiger partial charge < -0.3 is 70.9 Å². The first-order chi connectivity index (χ1) is 34.4. The molecule has 72 heavy (non-hydrogen) atoms. The van der Waals surface area contributed by atoms with Gasteiger partial charge in [0.15, 0.2) is 11.9 Å². The second kappa shape index (κ2) is 29.2. The maximum atomic E-state index is 14.5. The number of aliphatic imine (C=N–C) groups is 2. The van der Waals surface area contributed by atoms with Gasteiger partial charge in [0.05, 0.1) is 6.42 Å². The van der Waals surface area contributed by atoms with Gasteiger partial charge in [0, 0.05) is 69.3 Å². The van der Waals surface area contributed by atoms with Gasteiger partial charge in [-0.15, -0.1) is 0 Å². The Morgan fingerprint density at radius 3 is 1.97 bits per heavy atom. The molecule has 0 radical (unpaired) electrons. The number of carbonyl (C=O) groups excluding carboxylic acids is 9. The molecule has 1 aromatic heterocycles. The number of nitrogens with two attached hydrogens (primary N) is 5. The summed E-state index contributed by atoms with van der Waals surface area (Å²) >= 11 is 0. The topological polar surface area (TPSA) is 408 Å². The molecule has 24 nitrogen and oxygen atoms in total. The summed E-state index contributed by atoms with van der Waals surface area (Å²) in [6.45, 7) is 1.39. The molecule has 1 aliphatic heterocycles.